The summed E-state index contributed by atoms with van der Waals surface area (Å²) in [5.41, 5.74) is 2.08. The molecule has 2 aromatic carbocycles. The molecule has 1 aliphatic heterocycles. The van der Waals surface area contributed by atoms with Crippen molar-refractivity contribution in [1.82, 2.24) is 9.47 Å². The van der Waals surface area contributed by atoms with Crippen LogP contribution < -0.4 is 4.74 Å². The average molecular weight is 350 g/mol. The minimum atomic E-state index is 0.115. The van der Waals surface area contributed by atoms with E-state index in [1.54, 1.807) is 0 Å². The number of ether oxygens (including phenoxy) is 2. The quantitative estimate of drug-likeness (QED) is 0.710. The number of benzene rings is 2. The van der Waals surface area contributed by atoms with Gasteiger partial charge in [0.1, 0.15) is 18.9 Å². The fraction of sp³-hybridized carbons (Fsp3) is 0.286. The molecule has 0 N–H and O–H groups in total. The molecular weight excluding hydrogens is 328 g/mol. The Labute approximate surface area is 152 Å². The largest absolute Gasteiger partial charge is 0.487 e. The van der Waals surface area contributed by atoms with Crippen LogP contribution in [-0.2, 0) is 22.7 Å². The van der Waals surface area contributed by atoms with Gasteiger partial charge in [0.25, 0.3) is 0 Å². The van der Waals surface area contributed by atoms with Crippen molar-refractivity contribution in [3.8, 4) is 5.75 Å². The first-order valence-electron chi connectivity index (χ1n) is 8.91. The number of fused-ring (bicyclic) bond motifs is 1. The topological polar surface area (TPSA) is 43.7 Å². The summed E-state index contributed by atoms with van der Waals surface area (Å²) in [7, 11) is 0. The van der Waals surface area contributed by atoms with Gasteiger partial charge in [-0.3, -0.25) is 4.79 Å². The fourth-order valence-electron chi connectivity index (χ4n) is 3.27. The lowest BCUT2D eigenvalue weighted by atomic mass is 10.2. The number of nitrogens with zero attached hydrogens (tertiary/aromatic N) is 2. The number of hydrogen-bond acceptors (Lipinski definition) is 3. The van der Waals surface area contributed by atoms with Crippen LogP contribution >= 0.6 is 0 Å². The van der Waals surface area contributed by atoms with Crippen LogP contribution in [-0.4, -0.2) is 41.7 Å². The lowest BCUT2D eigenvalue weighted by molar-refractivity contribution is -0.135. The Bertz CT molecular complexity index is 883. The molecule has 1 saturated heterocycles. The number of amides is 1. The molecule has 1 fully saturated rings. The van der Waals surface area contributed by atoms with Gasteiger partial charge in [-0.2, -0.15) is 0 Å². The van der Waals surface area contributed by atoms with Crippen LogP contribution in [0.5, 0.6) is 5.75 Å². The van der Waals surface area contributed by atoms with E-state index in [2.05, 4.69) is 0 Å². The minimum Gasteiger partial charge on any atom is -0.487 e. The highest BCUT2D eigenvalue weighted by Crippen LogP contribution is 2.27. The van der Waals surface area contributed by atoms with Gasteiger partial charge in [0.05, 0.1) is 18.7 Å². The van der Waals surface area contributed by atoms with Crippen LogP contribution in [0.3, 0.4) is 0 Å². The van der Waals surface area contributed by atoms with Gasteiger partial charge in [-0.05, 0) is 17.7 Å². The molecule has 0 aliphatic carbocycles. The van der Waals surface area contributed by atoms with Gasteiger partial charge in [-0.25, -0.2) is 0 Å². The first kappa shape index (κ1) is 16.7. The minimum absolute atomic E-state index is 0.115. The molecule has 0 radical (unpaired) electrons. The predicted octanol–water partition coefficient (Wildman–Crippen LogP) is 3.08. The molecular formula is C21H22N2O3. The summed E-state index contributed by atoms with van der Waals surface area (Å²) >= 11 is 0. The van der Waals surface area contributed by atoms with Crippen molar-refractivity contribution in [2.45, 2.75) is 13.2 Å². The SMILES string of the molecule is O=C(Cn1ccc2cccc(OCc3ccccc3)c21)N1CCOCC1. The highest BCUT2D eigenvalue weighted by molar-refractivity contribution is 5.88. The van der Waals surface area contributed by atoms with Crippen LogP contribution in [0.4, 0.5) is 0 Å². The number of rotatable bonds is 5. The van der Waals surface area contributed by atoms with Gasteiger partial charge in [-0.1, -0.05) is 42.5 Å². The summed E-state index contributed by atoms with van der Waals surface area (Å²) < 4.78 is 13.4. The number of hydrogen-bond donors (Lipinski definition) is 0. The smallest absolute Gasteiger partial charge is 0.242 e. The predicted molar refractivity (Wildman–Crippen MR) is 100 cm³/mol. The Morgan fingerprint density at radius 3 is 2.62 bits per heavy atom. The first-order chi connectivity index (χ1) is 12.8. The standard InChI is InChI=1S/C21H22N2O3/c24-20(22-11-13-25-14-12-22)15-23-10-9-18-7-4-8-19(21(18)23)26-16-17-5-2-1-3-6-17/h1-10H,11-16H2. The fourth-order valence-corrected chi connectivity index (χ4v) is 3.27. The van der Waals surface area contributed by atoms with E-state index in [1.165, 1.54) is 0 Å². The Morgan fingerprint density at radius 1 is 1.00 bits per heavy atom. The van der Waals surface area contributed by atoms with Gasteiger partial charge in [0.15, 0.2) is 0 Å². The normalized spacial score (nSPS) is 14.5. The molecule has 0 saturated carbocycles. The molecule has 5 nitrogen and oxygen atoms in total. The maximum atomic E-state index is 12.6. The Hall–Kier alpha value is -2.79. The van der Waals surface area contributed by atoms with E-state index < -0.39 is 0 Å². The number of carbonyl (C=O) groups is 1. The first-order valence-corrected chi connectivity index (χ1v) is 8.91. The molecule has 134 valence electrons. The molecule has 3 aromatic rings. The van der Waals surface area contributed by atoms with Gasteiger partial charge in [0, 0.05) is 24.7 Å². The second kappa shape index (κ2) is 7.62. The summed E-state index contributed by atoms with van der Waals surface area (Å²) in [4.78, 5) is 14.5. The molecule has 0 atom stereocenters. The Balaban J connectivity index is 1.54. The van der Waals surface area contributed by atoms with Gasteiger partial charge >= 0.3 is 0 Å². The van der Waals surface area contributed by atoms with Crippen molar-refractivity contribution in [2.75, 3.05) is 26.3 Å². The highest BCUT2D eigenvalue weighted by atomic mass is 16.5. The van der Waals surface area contributed by atoms with Crippen LogP contribution in [0.15, 0.2) is 60.8 Å². The average Bonchev–Trinajstić information content (AvgIpc) is 3.11. The second-order valence-electron chi connectivity index (χ2n) is 6.41. The van der Waals surface area contributed by atoms with Crippen molar-refractivity contribution in [1.29, 1.82) is 0 Å². The maximum Gasteiger partial charge on any atom is 0.242 e. The van der Waals surface area contributed by atoms with E-state index in [-0.39, 0.29) is 5.91 Å². The molecule has 2 heterocycles. The summed E-state index contributed by atoms with van der Waals surface area (Å²) in [5, 5.41) is 1.07. The third kappa shape index (κ3) is 3.58. The van der Waals surface area contributed by atoms with Crippen molar-refractivity contribution in [2.24, 2.45) is 0 Å². The third-order valence-corrected chi connectivity index (χ3v) is 4.66. The van der Waals surface area contributed by atoms with Gasteiger partial charge in [-0.15, -0.1) is 0 Å². The van der Waals surface area contributed by atoms with E-state index in [1.807, 2.05) is 70.3 Å². The highest BCUT2D eigenvalue weighted by Gasteiger charge is 2.18. The zero-order valence-electron chi connectivity index (χ0n) is 14.6. The molecule has 0 bridgehead atoms. The summed E-state index contributed by atoms with van der Waals surface area (Å²) in [6, 6.07) is 18.1. The lowest BCUT2D eigenvalue weighted by Crippen LogP contribution is -2.42. The Morgan fingerprint density at radius 2 is 1.81 bits per heavy atom. The third-order valence-electron chi connectivity index (χ3n) is 4.66. The number of carbonyl (C=O) groups excluding carboxylic acids is 1. The van der Waals surface area contributed by atoms with Gasteiger partial charge < -0.3 is 18.9 Å². The van der Waals surface area contributed by atoms with Crippen molar-refractivity contribution < 1.29 is 14.3 Å². The van der Waals surface area contributed by atoms with Crippen molar-refractivity contribution in [3.05, 3.63) is 66.4 Å². The maximum absolute atomic E-state index is 12.6. The molecule has 1 aliphatic rings. The van der Waals surface area contributed by atoms with E-state index in [0.717, 1.165) is 22.2 Å². The molecule has 1 aromatic heterocycles. The Kier molecular flexibility index (Phi) is 4.88. The number of morpholine rings is 1. The summed E-state index contributed by atoms with van der Waals surface area (Å²) in [5.74, 6) is 0.912. The monoisotopic (exact) mass is 350 g/mol. The molecule has 4 rings (SSSR count). The van der Waals surface area contributed by atoms with Crippen LogP contribution in [0.25, 0.3) is 10.9 Å². The lowest BCUT2D eigenvalue weighted by Gasteiger charge is -2.27. The van der Waals surface area contributed by atoms with E-state index in [0.29, 0.717) is 39.5 Å². The zero-order valence-corrected chi connectivity index (χ0v) is 14.6. The zero-order chi connectivity index (χ0) is 17.8. The van der Waals surface area contributed by atoms with Crippen LogP contribution in [0.2, 0.25) is 0 Å². The van der Waals surface area contributed by atoms with E-state index in [9.17, 15) is 4.79 Å². The molecule has 26 heavy (non-hydrogen) atoms. The summed E-state index contributed by atoms with van der Waals surface area (Å²) in [6.45, 7) is 3.37. The number of aromatic nitrogens is 1. The molecule has 1 amide bonds. The van der Waals surface area contributed by atoms with Crippen molar-refractivity contribution in [3.63, 3.8) is 0 Å². The van der Waals surface area contributed by atoms with Crippen LogP contribution in [0.1, 0.15) is 5.56 Å². The van der Waals surface area contributed by atoms with E-state index in [4.69, 9.17) is 9.47 Å². The second-order valence-corrected chi connectivity index (χ2v) is 6.41. The summed E-state index contributed by atoms with van der Waals surface area (Å²) in [6.07, 6.45) is 1.96. The van der Waals surface area contributed by atoms with Crippen molar-refractivity contribution >= 4 is 16.8 Å². The molecule has 5 heteroatoms. The van der Waals surface area contributed by atoms with Crippen LogP contribution in [0, 0.1) is 0 Å². The number of para-hydroxylation sites is 1. The van der Waals surface area contributed by atoms with E-state index >= 15 is 0 Å². The molecule has 0 spiro atoms. The molecule has 0 unspecified atom stereocenters. The van der Waals surface area contributed by atoms with Gasteiger partial charge in [0.2, 0.25) is 5.91 Å².